The predicted molar refractivity (Wildman–Crippen MR) is 57.7 cm³/mol. The molecular weight excluding hydrogens is 197 g/mol. The van der Waals surface area contributed by atoms with Crippen LogP contribution in [0.1, 0.15) is 26.2 Å². The minimum atomic E-state index is -0.210. The molecule has 4 heteroatoms. The second kappa shape index (κ2) is 7.14. The molecule has 0 aliphatic carbocycles. The van der Waals surface area contributed by atoms with Crippen molar-refractivity contribution in [2.75, 3.05) is 32.9 Å². The topological polar surface area (TPSA) is 32.7 Å². The summed E-state index contributed by atoms with van der Waals surface area (Å²) >= 11 is 0. The lowest BCUT2D eigenvalue weighted by atomic mass is 10.2. The zero-order valence-electron chi connectivity index (χ0n) is 9.49. The number of alkyl halides is 1. The zero-order chi connectivity index (χ0) is 11.1. The number of aliphatic hydroxyl groups is 1. The van der Waals surface area contributed by atoms with E-state index < -0.39 is 0 Å². The normalized spacial score (nSPS) is 28.2. The van der Waals surface area contributed by atoms with Gasteiger partial charge in [-0.15, -0.1) is 0 Å². The van der Waals surface area contributed by atoms with Crippen molar-refractivity contribution in [2.45, 2.75) is 38.4 Å². The molecule has 2 atom stereocenters. The Balaban J connectivity index is 2.16. The van der Waals surface area contributed by atoms with E-state index in [1.807, 2.05) is 6.92 Å². The van der Waals surface area contributed by atoms with E-state index in [9.17, 15) is 4.39 Å². The average Bonchev–Trinajstić information content (AvgIpc) is 2.23. The SMILES string of the molecule is CC1CN(CCCCCF)CC(CO)O1. The third-order valence-corrected chi connectivity index (χ3v) is 2.71. The van der Waals surface area contributed by atoms with E-state index in [0.29, 0.717) is 6.42 Å². The summed E-state index contributed by atoms with van der Waals surface area (Å²) in [6, 6.07) is 0. The number of aliphatic hydroxyl groups excluding tert-OH is 1. The molecule has 0 aromatic carbocycles. The monoisotopic (exact) mass is 219 g/mol. The number of halogens is 1. The molecule has 0 bridgehead atoms. The molecule has 2 unspecified atom stereocenters. The van der Waals surface area contributed by atoms with Gasteiger partial charge in [0.05, 0.1) is 25.5 Å². The third-order valence-electron chi connectivity index (χ3n) is 2.71. The van der Waals surface area contributed by atoms with Gasteiger partial charge in [-0.1, -0.05) is 0 Å². The van der Waals surface area contributed by atoms with Crippen molar-refractivity contribution in [3.63, 3.8) is 0 Å². The first-order valence-electron chi connectivity index (χ1n) is 5.81. The van der Waals surface area contributed by atoms with Crippen molar-refractivity contribution in [3.05, 3.63) is 0 Å². The maximum Gasteiger partial charge on any atom is 0.0936 e. The summed E-state index contributed by atoms with van der Waals surface area (Å²) in [6.45, 7) is 4.62. The lowest BCUT2D eigenvalue weighted by Crippen LogP contribution is -2.48. The average molecular weight is 219 g/mol. The Labute approximate surface area is 91.2 Å². The summed E-state index contributed by atoms with van der Waals surface area (Å²) in [5.41, 5.74) is 0. The molecule has 0 saturated carbocycles. The number of unbranched alkanes of at least 4 members (excludes halogenated alkanes) is 2. The van der Waals surface area contributed by atoms with Crippen LogP contribution in [0.2, 0.25) is 0 Å². The summed E-state index contributed by atoms with van der Waals surface area (Å²) in [5.74, 6) is 0. The van der Waals surface area contributed by atoms with E-state index in [2.05, 4.69) is 4.90 Å². The van der Waals surface area contributed by atoms with Crippen LogP contribution in [0.5, 0.6) is 0 Å². The second-order valence-corrected chi connectivity index (χ2v) is 4.26. The Morgan fingerprint density at radius 3 is 2.80 bits per heavy atom. The highest BCUT2D eigenvalue weighted by Crippen LogP contribution is 2.11. The van der Waals surface area contributed by atoms with Gasteiger partial charge in [0, 0.05) is 13.1 Å². The predicted octanol–water partition coefficient (Wildman–Crippen LogP) is 1.21. The first-order chi connectivity index (χ1) is 7.26. The maximum atomic E-state index is 11.9. The van der Waals surface area contributed by atoms with Crippen LogP contribution in [-0.2, 0) is 4.74 Å². The van der Waals surface area contributed by atoms with Gasteiger partial charge in [-0.25, -0.2) is 0 Å². The first kappa shape index (κ1) is 12.9. The van der Waals surface area contributed by atoms with Crippen molar-refractivity contribution in [3.8, 4) is 0 Å². The summed E-state index contributed by atoms with van der Waals surface area (Å²) in [4.78, 5) is 2.30. The van der Waals surface area contributed by atoms with Crippen LogP contribution in [0.25, 0.3) is 0 Å². The second-order valence-electron chi connectivity index (χ2n) is 4.26. The van der Waals surface area contributed by atoms with Crippen molar-refractivity contribution in [1.29, 1.82) is 0 Å². The summed E-state index contributed by atoms with van der Waals surface area (Å²) in [6.07, 6.45) is 2.80. The van der Waals surface area contributed by atoms with E-state index in [4.69, 9.17) is 9.84 Å². The van der Waals surface area contributed by atoms with E-state index in [0.717, 1.165) is 32.5 Å². The van der Waals surface area contributed by atoms with Gasteiger partial charge in [-0.3, -0.25) is 9.29 Å². The van der Waals surface area contributed by atoms with E-state index in [1.54, 1.807) is 0 Å². The van der Waals surface area contributed by atoms with E-state index >= 15 is 0 Å². The van der Waals surface area contributed by atoms with Crippen LogP contribution in [0.15, 0.2) is 0 Å². The van der Waals surface area contributed by atoms with Crippen LogP contribution >= 0.6 is 0 Å². The molecule has 1 rings (SSSR count). The van der Waals surface area contributed by atoms with Gasteiger partial charge in [0.2, 0.25) is 0 Å². The quantitative estimate of drug-likeness (QED) is 0.682. The highest BCUT2D eigenvalue weighted by Gasteiger charge is 2.23. The zero-order valence-corrected chi connectivity index (χ0v) is 9.49. The molecule has 0 aromatic heterocycles. The van der Waals surface area contributed by atoms with Gasteiger partial charge in [0.1, 0.15) is 0 Å². The van der Waals surface area contributed by atoms with Crippen molar-refractivity contribution in [1.82, 2.24) is 4.90 Å². The fourth-order valence-electron chi connectivity index (χ4n) is 2.03. The first-order valence-corrected chi connectivity index (χ1v) is 5.81. The van der Waals surface area contributed by atoms with E-state index in [-0.39, 0.29) is 25.5 Å². The fraction of sp³-hybridized carbons (Fsp3) is 1.00. The highest BCUT2D eigenvalue weighted by atomic mass is 19.1. The van der Waals surface area contributed by atoms with Crippen molar-refractivity contribution >= 4 is 0 Å². The van der Waals surface area contributed by atoms with Crippen LogP contribution in [-0.4, -0.2) is 55.1 Å². The lowest BCUT2D eigenvalue weighted by molar-refractivity contribution is -0.0952. The molecule has 90 valence electrons. The Morgan fingerprint density at radius 2 is 2.13 bits per heavy atom. The van der Waals surface area contributed by atoms with Crippen LogP contribution in [0.4, 0.5) is 4.39 Å². The number of ether oxygens (including phenoxy) is 1. The van der Waals surface area contributed by atoms with Gasteiger partial charge >= 0.3 is 0 Å². The third kappa shape index (κ3) is 4.91. The summed E-state index contributed by atoms with van der Waals surface area (Å²) in [7, 11) is 0. The molecule has 1 aliphatic rings. The standard InChI is InChI=1S/C11H22FNO2/c1-10-7-13(6-4-2-3-5-12)8-11(9-14)15-10/h10-11,14H,2-9H2,1H3. The van der Waals surface area contributed by atoms with Crippen molar-refractivity contribution < 1.29 is 14.2 Å². The number of morpholine rings is 1. The Bertz CT molecular complexity index is 169. The molecule has 1 fully saturated rings. The molecule has 3 nitrogen and oxygen atoms in total. The number of hydrogen-bond acceptors (Lipinski definition) is 3. The maximum absolute atomic E-state index is 11.9. The largest absolute Gasteiger partial charge is 0.394 e. The minimum absolute atomic E-state index is 0.0464. The van der Waals surface area contributed by atoms with Gasteiger partial charge in [-0.2, -0.15) is 0 Å². The molecule has 1 saturated heterocycles. The van der Waals surface area contributed by atoms with Gasteiger partial charge in [-0.05, 0) is 32.7 Å². The van der Waals surface area contributed by atoms with Gasteiger partial charge in [0.25, 0.3) is 0 Å². The van der Waals surface area contributed by atoms with E-state index in [1.165, 1.54) is 0 Å². The highest BCUT2D eigenvalue weighted by molar-refractivity contribution is 4.75. The smallest absolute Gasteiger partial charge is 0.0936 e. The summed E-state index contributed by atoms with van der Waals surface area (Å²) in [5, 5.41) is 9.03. The molecule has 1 N–H and O–H groups in total. The fourth-order valence-corrected chi connectivity index (χ4v) is 2.03. The van der Waals surface area contributed by atoms with Crippen LogP contribution in [0.3, 0.4) is 0 Å². The van der Waals surface area contributed by atoms with Gasteiger partial charge < -0.3 is 9.84 Å². The lowest BCUT2D eigenvalue weighted by Gasteiger charge is -2.36. The minimum Gasteiger partial charge on any atom is -0.394 e. The number of rotatable bonds is 6. The molecule has 0 spiro atoms. The number of hydrogen-bond donors (Lipinski definition) is 1. The molecule has 0 amide bonds. The van der Waals surface area contributed by atoms with Gasteiger partial charge in [0.15, 0.2) is 0 Å². The van der Waals surface area contributed by atoms with Crippen LogP contribution in [0, 0.1) is 0 Å². The molecule has 0 aromatic rings. The van der Waals surface area contributed by atoms with Crippen LogP contribution < -0.4 is 0 Å². The molecule has 1 heterocycles. The molecule has 1 aliphatic heterocycles. The molecular formula is C11H22FNO2. The Morgan fingerprint density at radius 1 is 1.33 bits per heavy atom. The summed E-state index contributed by atoms with van der Waals surface area (Å²) < 4.78 is 17.4. The molecule has 15 heavy (non-hydrogen) atoms. The van der Waals surface area contributed by atoms with Crippen molar-refractivity contribution in [2.24, 2.45) is 0 Å². The molecule has 0 radical (unpaired) electrons. The number of nitrogens with zero attached hydrogens (tertiary/aromatic N) is 1. The Hall–Kier alpha value is -0.190. The Kier molecular flexibility index (Phi) is 6.13.